The van der Waals surface area contributed by atoms with Gasteiger partial charge in [-0.25, -0.2) is 9.97 Å². The predicted octanol–water partition coefficient (Wildman–Crippen LogP) is 2.88. The van der Waals surface area contributed by atoms with Crippen LogP contribution >= 0.6 is 11.3 Å². The van der Waals surface area contributed by atoms with Crippen LogP contribution in [0.1, 0.15) is 17.8 Å². The number of fused-ring (bicyclic) bond motifs is 1. The van der Waals surface area contributed by atoms with Crippen molar-refractivity contribution in [2.75, 3.05) is 18.0 Å². The molecule has 0 unspecified atom stereocenters. The molecule has 0 spiro atoms. The summed E-state index contributed by atoms with van der Waals surface area (Å²) in [6, 6.07) is 2.03. The summed E-state index contributed by atoms with van der Waals surface area (Å²) < 4.78 is 2.18. The summed E-state index contributed by atoms with van der Waals surface area (Å²) in [6.45, 7) is 2.14. The number of rotatable bonds is 3. The van der Waals surface area contributed by atoms with Crippen molar-refractivity contribution >= 4 is 28.3 Å². The van der Waals surface area contributed by atoms with Gasteiger partial charge in [0.05, 0.1) is 16.7 Å². The summed E-state index contributed by atoms with van der Waals surface area (Å²) in [4.78, 5) is 15.7. The molecule has 1 aliphatic heterocycles. The van der Waals surface area contributed by atoms with Crippen LogP contribution in [0.3, 0.4) is 0 Å². The van der Waals surface area contributed by atoms with Crippen molar-refractivity contribution in [3.8, 4) is 0 Å². The number of nitrogens with zero attached hydrogens (tertiary/aromatic N) is 5. The van der Waals surface area contributed by atoms with E-state index in [0.717, 1.165) is 42.4 Å². The molecule has 4 rings (SSSR count). The molecule has 0 N–H and O–H groups in total. The van der Waals surface area contributed by atoms with Gasteiger partial charge in [0.25, 0.3) is 0 Å². The highest BCUT2D eigenvalue weighted by Crippen LogP contribution is 2.27. The summed E-state index contributed by atoms with van der Waals surface area (Å²) in [5.41, 5.74) is 2.12. The van der Waals surface area contributed by atoms with E-state index in [9.17, 15) is 0 Å². The molecule has 5 nitrogen and oxygen atoms in total. The maximum Gasteiger partial charge on any atom is 0.206 e. The van der Waals surface area contributed by atoms with Gasteiger partial charge in [0.2, 0.25) is 5.95 Å². The number of piperidine rings is 1. The first-order valence-corrected chi connectivity index (χ1v) is 8.59. The Morgan fingerprint density at radius 2 is 2.14 bits per heavy atom. The lowest BCUT2D eigenvalue weighted by Crippen LogP contribution is -2.35. The van der Waals surface area contributed by atoms with E-state index in [1.807, 2.05) is 24.7 Å². The normalized spacial score (nSPS) is 16.5. The van der Waals surface area contributed by atoms with Gasteiger partial charge in [-0.15, -0.1) is 11.3 Å². The molecule has 0 aromatic carbocycles. The van der Waals surface area contributed by atoms with Gasteiger partial charge in [-0.2, -0.15) is 0 Å². The Bertz CT molecular complexity index is 756. The number of anilines is 1. The second-order valence-corrected chi connectivity index (χ2v) is 6.87. The highest BCUT2D eigenvalue weighted by atomic mass is 32.1. The first kappa shape index (κ1) is 13.7. The summed E-state index contributed by atoms with van der Waals surface area (Å²) in [7, 11) is 2.09. The lowest BCUT2D eigenvalue weighted by molar-refractivity contribution is 0.399. The molecule has 1 aliphatic rings. The average Bonchev–Trinajstić information content (AvgIpc) is 3.17. The SMILES string of the molecule is Cn1c(N2CCC(Cc3nccs3)CC2)nc2cnccc21. The maximum absolute atomic E-state index is 4.75. The van der Waals surface area contributed by atoms with Gasteiger partial charge in [-0.1, -0.05) is 0 Å². The minimum atomic E-state index is 0.749. The lowest BCUT2D eigenvalue weighted by Gasteiger charge is -2.32. The van der Waals surface area contributed by atoms with E-state index < -0.39 is 0 Å². The lowest BCUT2D eigenvalue weighted by atomic mass is 9.94. The quantitative estimate of drug-likeness (QED) is 0.746. The number of hydrogen-bond donors (Lipinski definition) is 0. The van der Waals surface area contributed by atoms with Gasteiger partial charge >= 0.3 is 0 Å². The molecule has 3 aromatic rings. The fourth-order valence-electron chi connectivity index (χ4n) is 3.26. The fraction of sp³-hybridized carbons (Fsp3) is 0.438. The first-order chi connectivity index (χ1) is 10.8. The topological polar surface area (TPSA) is 46.8 Å². The van der Waals surface area contributed by atoms with Gasteiger partial charge in [-0.05, 0) is 24.8 Å². The van der Waals surface area contributed by atoms with E-state index in [0.29, 0.717) is 0 Å². The van der Waals surface area contributed by atoms with Crippen LogP contribution in [0.5, 0.6) is 0 Å². The zero-order valence-corrected chi connectivity index (χ0v) is 13.5. The first-order valence-electron chi connectivity index (χ1n) is 7.71. The highest BCUT2D eigenvalue weighted by molar-refractivity contribution is 7.09. The van der Waals surface area contributed by atoms with Crippen LogP contribution < -0.4 is 4.90 Å². The molecule has 0 amide bonds. The van der Waals surface area contributed by atoms with E-state index in [4.69, 9.17) is 4.98 Å². The molecule has 3 aromatic heterocycles. The maximum atomic E-state index is 4.75. The Morgan fingerprint density at radius 1 is 1.27 bits per heavy atom. The molecule has 114 valence electrons. The Labute approximate surface area is 133 Å². The zero-order valence-electron chi connectivity index (χ0n) is 12.6. The standard InChI is InChI=1S/C16H19N5S/c1-20-14-2-5-17-11-13(14)19-16(20)21-7-3-12(4-8-21)10-15-18-6-9-22-15/h2,5-6,9,11-12H,3-4,7-8,10H2,1H3. The van der Waals surface area contributed by atoms with Crippen LogP contribution in [0.4, 0.5) is 5.95 Å². The Kier molecular flexibility index (Phi) is 3.54. The van der Waals surface area contributed by atoms with Crippen molar-refractivity contribution in [2.45, 2.75) is 19.3 Å². The monoisotopic (exact) mass is 313 g/mol. The molecular formula is C16H19N5S. The molecule has 0 bridgehead atoms. The molecule has 0 saturated carbocycles. The molecule has 0 aliphatic carbocycles. The van der Waals surface area contributed by atoms with Crippen LogP contribution in [0.25, 0.3) is 11.0 Å². The third kappa shape index (κ3) is 2.47. The number of pyridine rings is 1. The summed E-state index contributed by atoms with van der Waals surface area (Å²) >= 11 is 1.77. The number of imidazole rings is 1. The molecule has 1 fully saturated rings. The van der Waals surface area contributed by atoms with Crippen LogP contribution in [0, 0.1) is 5.92 Å². The Balaban J connectivity index is 1.47. The van der Waals surface area contributed by atoms with E-state index in [2.05, 4.69) is 31.9 Å². The Morgan fingerprint density at radius 3 is 2.86 bits per heavy atom. The van der Waals surface area contributed by atoms with Crippen LogP contribution in [0.2, 0.25) is 0 Å². The summed E-state index contributed by atoms with van der Waals surface area (Å²) in [6.07, 6.45) is 9.12. The van der Waals surface area contributed by atoms with Crippen LogP contribution in [-0.2, 0) is 13.5 Å². The summed E-state index contributed by atoms with van der Waals surface area (Å²) in [5.74, 6) is 1.81. The molecule has 0 atom stereocenters. The van der Waals surface area contributed by atoms with E-state index >= 15 is 0 Å². The molecule has 22 heavy (non-hydrogen) atoms. The van der Waals surface area contributed by atoms with Crippen LogP contribution in [0.15, 0.2) is 30.0 Å². The second kappa shape index (κ2) is 5.68. The van der Waals surface area contributed by atoms with Gasteiger partial charge in [-0.3, -0.25) is 4.98 Å². The number of aryl methyl sites for hydroxylation is 1. The average molecular weight is 313 g/mol. The molecule has 6 heteroatoms. The van der Waals surface area contributed by atoms with Crippen molar-refractivity contribution in [3.63, 3.8) is 0 Å². The van der Waals surface area contributed by atoms with E-state index in [-0.39, 0.29) is 0 Å². The zero-order chi connectivity index (χ0) is 14.9. The number of thiazole rings is 1. The van der Waals surface area contributed by atoms with Crippen molar-refractivity contribution in [3.05, 3.63) is 35.0 Å². The molecule has 1 saturated heterocycles. The number of hydrogen-bond acceptors (Lipinski definition) is 5. The van der Waals surface area contributed by atoms with Crippen LogP contribution in [-0.4, -0.2) is 32.6 Å². The minimum absolute atomic E-state index is 0.749. The predicted molar refractivity (Wildman–Crippen MR) is 89.3 cm³/mol. The second-order valence-electron chi connectivity index (χ2n) is 5.90. The molecule has 4 heterocycles. The smallest absolute Gasteiger partial charge is 0.206 e. The Hall–Kier alpha value is -1.95. The highest BCUT2D eigenvalue weighted by Gasteiger charge is 2.23. The summed E-state index contributed by atoms with van der Waals surface area (Å²) in [5, 5.41) is 3.34. The van der Waals surface area contributed by atoms with Gasteiger partial charge in [0, 0.05) is 44.3 Å². The molecule has 0 radical (unpaired) electrons. The van der Waals surface area contributed by atoms with Crippen molar-refractivity contribution in [2.24, 2.45) is 13.0 Å². The third-order valence-electron chi connectivity index (χ3n) is 4.50. The van der Waals surface area contributed by atoms with Gasteiger partial charge in [0.1, 0.15) is 5.52 Å². The van der Waals surface area contributed by atoms with E-state index in [1.54, 1.807) is 11.3 Å². The fourth-order valence-corrected chi connectivity index (χ4v) is 3.99. The van der Waals surface area contributed by atoms with Crippen molar-refractivity contribution in [1.82, 2.24) is 19.5 Å². The van der Waals surface area contributed by atoms with E-state index in [1.165, 1.54) is 17.8 Å². The van der Waals surface area contributed by atoms with Gasteiger partial charge < -0.3 is 9.47 Å². The minimum Gasteiger partial charge on any atom is -0.342 e. The largest absolute Gasteiger partial charge is 0.342 e. The van der Waals surface area contributed by atoms with Crippen molar-refractivity contribution in [1.29, 1.82) is 0 Å². The van der Waals surface area contributed by atoms with Gasteiger partial charge in [0.15, 0.2) is 0 Å². The third-order valence-corrected chi connectivity index (χ3v) is 5.31. The van der Waals surface area contributed by atoms with Crippen molar-refractivity contribution < 1.29 is 0 Å². The number of aromatic nitrogens is 4. The molecular weight excluding hydrogens is 294 g/mol.